The van der Waals surface area contributed by atoms with Crippen LogP contribution in [0.25, 0.3) is 11.4 Å². The van der Waals surface area contributed by atoms with E-state index in [0.29, 0.717) is 41.3 Å². The molecule has 7 nitrogen and oxygen atoms in total. The van der Waals surface area contributed by atoms with Gasteiger partial charge in [-0.3, -0.25) is 9.78 Å². The number of H-pyrrole nitrogens is 1. The molecule has 0 unspecified atom stereocenters. The molecule has 1 amide bonds. The predicted octanol–water partition coefficient (Wildman–Crippen LogP) is 2.19. The lowest BCUT2D eigenvalue weighted by Crippen LogP contribution is -2.26. The van der Waals surface area contributed by atoms with Gasteiger partial charge in [-0.1, -0.05) is 12.1 Å². The number of carbonyl (C=O) groups excluding carboxylic acids is 1. The Morgan fingerprint density at radius 3 is 2.75 bits per heavy atom. The summed E-state index contributed by atoms with van der Waals surface area (Å²) in [6.07, 6.45) is 1.96. The van der Waals surface area contributed by atoms with Gasteiger partial charge in [0.1, 0.15) is 23.1 Å². The predicted molar refractivity (Wildman–Crippen MR) is 99.3 cm³/mol. The summed E-state index contributed by atoms with van der Waals surface area (Å²) in [5.74, 6) is -0.481. The number of rotatable bonds is 3. The molecule has 3 heterocycles. The fourth-order valence-electron chi connectivity index (χ4n) is 3.47. The average molecular weight is 382 g/mol. The molecule has 8 heteroatoms. The van der Waals surface area contributed by atoms with Gasteiger partial charge in [0.25, 0.3) is 5.91 Å². The van der Waals surface area contributed by atoms with Crippen LogP contribution in [0.3, 0.4) is 0 Å². The van der Waals surface area contributed by atoms with Crippen LogP contribution in [-0.2, 0) is 13.0 Å². The molecule has 144 valence electrons. The molecule has 0 aliphatic carbocycles. The van der Waals surface area contributed by atoms with E-state index in [9.17, 15) is 19.4 Å². The number of halogens is 1. The fourth-order valence-corrected chi connectivity index (χ4v) is 3.47. The first-order valence-electron chi connectivity index (χ1n) is 8.89. The largest absolute Gasteiger partial charge is 0.505 e. The number of imidazole rings is 1. The number of aromatic hydroxyl groups is 1. The number of aryl methyl sites for hydroxylation is 1. The van der Waals surface area contributed by atoms with E-state index in [2.05, 4.69) is 20.3 Å². The lowest BCUT2D eigenvalue weighted by molar-refractivity contribution is 0.0950. The SMILES string of the molecule is Cc1ncc(CO)c(-c2nc3c([nH]2)C[C@@H](c2ccc(F)cc2)CNC3=O)c1O. The Morgan fingerprint density at radius 1 is 1.29 bits per heavy atom. The molecule has 0 bridgehead atoms. The minimum absolute atomic E-state index is 0.0517. The molecule has 0 radical (unpaired) electrons. The third-order valence-corrected chi connectivity index (χ3v) is 5.02. The molecule has 1 aromatic carbocycles. The maximum Gasteiger partial charge on any atom is 0.271 e. The number of carbonyl (C=O) groups is 1. The number of pyridine rings is 1. The fraction of sp³-hybridized carbons (Fsp3) is 0.250. The molecule has 1 atom stereocenters. The van der Waals surface area contributed by atoms with Crippen LogP contribution >= 0.6 is 0 Å². The molecule has 0 fully saturated rings. The number of nitrogens with one attached hydrogen (secondary N) is 2. The molecule has 1 aliphatic heterocycles. The Labute approximate surface area is 160 Å². The zero-order valence-electron chi connectivity index (χ0n) is 15.2. The van der Waals surface area contributed by atoms with Gasteiger partial charge in [0.2, 0.25) is 0 Å². The van der Waals surface area contributed by atoms with Gasteiger partial charge in [-0.2, -0.15) is 0 Å². The Hall–Kier alpha value is -3.26. The van der Waals surface area contributed by atoms with Crippen LogP contribution in [0.2, 0.25) is 0 Å². The number of amides is 1. The Kier molecular flexibility index (Phi) is 4.56. The number of aliphatic hydroxyl groups excluding tert-OH is 1. The van der Waals surface area contributed by atoms with Crippen molar-refractivity contribution in [2.45, 2.75) is 25.9 Å². The zero-order valence-corrected chi connectivity index (χ0v) is 15.2. The highest BCUT2D eigenvalue weighted by atomic mass is 19.1. The summed E-state index contributed by atoms with van der Waals surface area (Å²) in [5, 5.41) is 22.9. The van der Waals surface area contributed by atoms with E-state index in [1.54, 1.807) is 19.1 Å². The smallest absolute Gasteiger partial charge is 0.271 e. The van der Waals surface area contributed by atoms with Crippen LogP contribution in [-0.4, -0.2) is 37.6 Å². The first-order chi connectivity index (χ1) is 13.5. The molecule has 28 heavy (non-hydrogen) atoms. The molecule has 3 aromatic rings. The summed E-state index contributed by atoms with van der Waals surface area (Å²) in [6.45, 7) is 1.72. The Morgan fingerprint density at radius 2 is 2.04 bits per heavy atom. The topological polar surface area (TPSA) is 111 Å². The second-order valence-electron chi connectivity index (χ2n) is 6.83. The number of hydrogen-bond acceptors (Lipinski definition) is 5. The molecular formula is C20H19FN4O3. The zero-order chi connectivity index (χ0) is 19.8. The minimum atomic E-state index is -0.327. The molecule has 0 saturated heterocycles. The highest BCUT2D eigenvalue weighted by Crippen LogP contribution is 2.34. The molecule has 4 N–H and O–H groups in total. The quantitative estimate of drug-likeness (QED) is 0.555. The van der Waals surface area contributed by atoms with Gasteiger partial charge < -0.3 is 20.5 Å². The second kappa shape index (κ2) is 7.05. The molecule has 0 spiro atoms. The van der Waals surface area contributed by atoms with Crippen molar-refractivity contribution in [3.63, 3.8) is 0 Å². The molecule has 2 aromatic heterocycles. The van der Waals surface area contributed by atoms with Crippen LogP contribution in [0.4, 0.5) is 4.39 Å². The number of aromatic nitrogens is 3. The van der Waals surface area contributed by atoms with Gasteiger partial charge in [0.15, 0.2) is 0 Å². The normalized spacial score (nSPS) is 16.4. The van der Waals surface area contributed by atoms with Gasteiger partial charge in [0.05, 0.1) is 17.9 Å². The van der Waals surface area contributed by atoms with Crippen molar-refractivity contribution in [2.24, 2.45) is 0 Å². The Balaban J connectivity index is 1.76. The van der Waals surface area contributed by atoms with E-state index in [4.69, 9.17) is 0 Å². The minimum Gasteiger partial charge on any atom is -0.505 e. The Bertz CT molecular complexity index is 1050. The highest BCUT2D eigenvalue weighted by molar-refractivity contribution is 5.94. The summed E-state index contributed by atoms with van der Waals surface area (Å²) >= 11 is 0. The van der Waals surface area contributed by atoms with E-state index in [0.717, 1.165) is 5.56 Å². The van der Waals surface area contributed by atoms with Crippen molar-refractivity contribution in [2.75, 3.05) is 6.54 Å². The van der Waals surface area contributed by atoms with Crippen molar-refractivity contribution in [1.29, 1.82) is 0 Å². The maximum atomic E-state index is 13.2. The van der Waals surface area contributed by atoms with Crippen LogP contribution in [0.1, 0.15) is 38.9 Å². The number of hydrogen-bond donors (Lipinski definition) is 4. The van der Waals surface area contributed by atoms with Crippen LogP contribution in [0.15, 0.2) is 30.5 Å². The standard InChI is InChI=1S/C20H19FN4O3/c1-10-18(27)16(13(9-26)8-22-10)19-24-15-6-12(7-23-20(28)17(15)25-19)11-2-4-14(21)5-3-11/h2-5,8,12,26-27H,6-7,9H2,1H3,(H,23,28)(H,24,25)/t12-/m1/s1. The van der Waals surface area contributed by atoms with Crippen molar-refractivity contribution >= 4 is 5.91 Å². The first-order valence-corrected chi connectivity index (χ1v) is 8.89. The van der Waals surface area contributed by atoms with Crippen molar-refractivity contribution < 1.29 is 19.4 Å². The van der Waals surface area contributed by atoms with Crippen molar-refractivity contribution in [1.82, 2.24) is 20.3 Å². The summed E-state index contributed by atoms with van der Waals surface area (Å²) in [7, 11) is 0. The number of aliphatic hydroxyl groups is 1. The van der Waals surface area contributed by atoms with Crippen molar-refractivity contribution in [3.05, 3.63) is 64.5 Å². The van der Waals surface area contributed by atoms with Crippen LogP contribution < -0.4 is 5.32 Å². The van der Waals surface area contributed by atoms with Gasteiger partial charge in [0, 0.05) is 29.9 Å². The van der Waals surface area contributed by atoms with Gasteiger partial charge >= 0.3 is 0 Å². The summed E-state index contributed by atoms with van der Waals surface area (Å²) < 4.78 is 13.2. The van der Waals surface area contributed by atoms with Crippen LogP contribution in [0.5, 0.6) is 5.75 Å². The monoisotopic (exact) mass is 382 g/mol. The van der Waals surface area contributed by atoms with Crippen LogP contribution in [0, 0.1) is 12.7 Å². The highest BCUT2D eigenvalue weighted by Gasteiger charge is 2.28. The number of fused-ring (bicyclic) bond motifs is 1. The third kappa shape index (κ3) is 3.11. The molecule has 4 rings (SSSR count). The number of aromatic amines is 1. The van der Waals surface area contributed by atoms with Crippen molar-refractivity contribution in [3.8, 4) is 17.1 Å². The second-order valence-corrected chi connectivity index (χ2v) is 6.83. The third-order valence-electron chi connectivity index (χ3n) is 5.02. The summed E-state index contributed by atoms with van der Waals surface area (Å²) in [5.41, 5.74) is 2.91. The van der Waals surface area contributed by atoms with E-state index in [1.807, 2.05) is 0 Å². The van der Waals surface area contributed by atoms with Gasteiger partial charge in [-0.05, 0) is 31.0 Å². The van der Waals surface area contributed by atoms with E-state index >= 15 is 0 Å². The van der Waals surface area contributed by atoms with Gasteiger partial charge in [-0.25, -0.2) is 9.37 Å². The lowest BCUT2D eigenvalue weighted by atomic mass is 9.94. The summed E-state index contributed by atoms with van der Waals surface area (Å²) in [6, 6.07) is 6.20. The van der Waals surface area contributed by atoms with Gasteiger partial charge in [-0.15, -0.1) is 0 Å². The van der Waals surface area contributed by atoms with E-state index < -0.39 is 0 Å². The first kappa shape index (κ1) is 18.1. The molecule has 0 saturated carbocycles. The number of nitrogens with zero attached hydrogens (tertiary/aromatic N) is 2. The summed E-state index contributed by atoms with van der Waals surface area (Å²) in [4.78, 5) is 24.1. The molecular weight excluding hydrogens is 363 g/mol. The molecule has 1 aliphatic rings. The number of benzene rings is 1. The average Bonchev–Trinajstić information content (AvgIpc) is 3.04. The maximum absolute atomic E-state index is 13.2. The van der Waals surface area contributed by atoms with E-state index in [-0.39, 0.29) is 35.7 Å². The lowest BCUT2D eigenvalue weighted by Gasteiger charge is -2.14. The van der Waals surface area contributed by atoms with E-state index in [1.165, 1.54) is 18.3 Å².